The molecule has 1 fully saturated rings. The molecule has 7 nitrogen and oxygen atoms in total. The third kappa shape index (κ3) is 3.91. The van der Waals surface area contributed by atoms with Gasteiger partial charge in [0, 0.05) is 18.7 Å². The summed E-state index contributed by atoms with van der Waals surface area (Å²) >= 11 is 0. The van der Waals surface area contributed by atoms with E-state index in [1.165, 1.54) is 0 Å². The van der Waals surface area contributed by atoms with Crippen molar-refractivity contribution < 1.29 is 18.7 Å². The molecule has 1 aromatic carbocycles. The van der Waals surface area contributed by atoms with E-state index in [1.807, 2.05) is 51.1 Å². The summed E-state index contributed by atoms with van der Waals surface area (Å²) in [5, 5.41) is 7.74. The van der Waals surface area contributed by atoms with Crippen molar-refractivity contribution >= 4 is 5.91 Å². The highest BCUT2D eigenvalue weighted by Crippen LogP contribution is 2.22. The van der Waals surface area contributed by atoms with Crippen molar-refractivity contribution in [3.63, 3.8) is 0 Å². The SMILES string of the molecule is CC1CN(C(=O)COc2nnc(-c3ccccc3)o2)CC(C)(C)O1. The van der Waals surface area contributed by atoms with Gasteiger partial charge in [-0.2, -0.15) is 0 Å². The van der Waals surface area contributed by atoms with E-state index in [9.17, 15) is 4.79 Å². The van der Waals surface area contributed by atoms with E-state index in [1.54, 1.807) is 4.90 Å². The fourth-order valence-corrected chi connectivity index (χ4v) is 2.82. The molecular formula is C17H21N3O4. The minimum atomic E-state index is -0.363. The molecule has 7 heteroatoms. The number of carbonyl (C=O) groups excluding carboxylic acids is 1. The number of amides is 1. The second-order valence-corrected chi connectivity index (χ2v) is 6.49. The van der Waals surface area contributed by atoms with Gasteiger partial charge < -0.3 is 18.8 Å². The molecule has 1 aromatic heterocycles. The Morgan fingerprint density at radius 3 is 2.79 bits per heavy atom. The van der Waals surface area contributed by atoms with Crippen LogP contribution in [0.1, 0.15) is 20.8 Å². The Kier molecular flexibility index (Phi) is 4.53. The van der Waals surface area contributed by atoms with Crippen LogP contribution in [0.15, 0.2) is 34.7 Å². The zero-order valence-electron chi connectivity index (χ0n) is 14.1. The highest BCUT2D eigenvalue weighted by atomic mass is 16.6. The molecule has 0 N–H and O–H groups in total. The Morgan fingerprint density at radius 2 is 2.08 bits per heavy atom. The van der Waals surface area contributed by atoms with Crippen LogP contribution in [0, 0.1) is 0 Å². The van der Waals surface area contributed by atoms with Gasteiger partial charge in [-0.3, -0.25) is 4.79 Å². The molecule has 0 saturated carbocycles. The van der Waals surface area contributed by atoms with Gasteiger partial charge in [-0.15, -0.1) is 5.10 Å². The van der Waals surface area contributed by atoms with Crippen molar-refractivity contribution in [2.45, 2.75) is 32.5 Å². The van der Waals surface area contributed by atoms with Crippen LogP contribution < -0.4 is 4.74 Å². The molecule has 2 aromatic rings. The molecule has 1 atom stereocenters. The molecule has 24 heavy (non-hydrogen) atoms. The van der Waals surface area contributed by atoms with E-state index in [4.69, 9.17) is 13.9 Å². The fraction of sp³-hybridized carbons (Fsp3) is 0.471. The van der Waals surface area contributed by atoms with Crippen LogP contribution in [0.4, 0.5) is 0 Å². The molecular weight excluding hydrogens is 310 g/mol. The zero-order chi connectivity index (χ0) is 17.2. The van der Waals surface area contributed by atoms with Crippen molar-refractivity contribution in [3.05, 3.63) is 30.3 Å². The third-order valence-corrected chi connectivity index (χ3v) is 3.67. The van der Waals surface area contributed by atoms with Gasteiger partial charge in [-0.25, -0.2) is 0 Å². The first-order valence-electron chi connectivity index (χ1n) is 7.90. The zero-order valence-corrected chi connectivity index (χ0v) is 14.1. The van der Waals surface area contributed by atoms with Crippen LogP contribution in [0.2, 0.25) is 0 Å². The van der Waals surface area contributed by atoms with Gasteiger partial charge in [0.2, 0.25) is 0 Å². The minimum Gasteiger partial charge on any atom is -0.439 e. The Balaban J connectivity index is 1.58. The van der Waals surface area contributed by atoms with Gasteiger partial charge >= 0.3 is 6.08 Å². The maximum atomic E-state index is 12.3. The maximum absolute atomic E-state index is 12.3. The molecule has 2 heterocycles. The van der Waals surface area contributed by atoms with Gasteiger partial charge in [0.1, 0.15) is 0 Å². The first-order chi connectivity index (χ1) is 11.4. The number of hydrogen-bond donors (Lipinski definition) is 0. The molecule has 3 rings (SSSR count). The average molecular weight is 331 g/mol. The summed E-state index contributed by atoms with van der Waals surface area (Å²) in [6.45, 7) is 6.82. The summed E-state index contributed by atoms with van der Waals surface area (Å²) in [5.41, 5.74) is 0.438. The maximum Gasteiger partial charge on any atom is 0.415 e. The smallest absolute Gasteiger partial charge is 0.415 e. The normalized spacial score (nSPS) is 20.0. The largest absolute Gasteiger partial charge is 0.439 e. The molecule has 0 bridgehead atoms. The summed E-state index contributed by atoms with van der Waals surface area (Å²) < 4.78 is 16.6. The number of ether oxygens (including phenoxy) is 2. The van der Waals surface area contributed by atoms with Crippen molar-refractivity contribution in [3.8, 4) is 17.5 Å². The minimum absolute atomic E-state index is 0.00853. The Hall–Kier alpha value is -2.41. The van der Waals surface area contributed by atoms with E-state index in [0.717, 1.165) is 5.56 Å². The van der Waals surface area contributed by atoms with Crippen LogP contribution in [-0.2, 0) is 9.53 Å². The van der Waals surface area contributed by atoms with Crippen molar-refractivity contribution in [1.82, 2.24) is 15.1 Å². The number of benzene rings is 1. The molecule has 0 aliphatic carbocycles. The number of carbonyl (C=O) groups is 1. The van der Waals surface area contributed by atoms with Gasteiger partial charge in [0.15, 0.2) is 6.61 Å². The Labute approximate surface area is 140 Å². The van der Waals surface area contributed by atoms with E-state index < -0.39 is 0 Å². The van der Waals surface area contributed by atoms with E-state index in [0.29, 0.717) is 19.0 Å². The molecule has 1 amide bonds. The Bertz CT molecular complexity index is 699. The lowest BCUT2D eigenvalue weighted by Crippen LogP contribution is -2.54. The van der Waals surface area contributed by atoms with Gasteiger partial charge in [0.25, 0.3) is 11.8 Å². The van der Waals surface area contributed by atoms with Crippen molar-refractivity contribution in [1.29, 1.82) is 0 Å². The number of morpholine rings is 1. The van der Waals surface area contributed by atoms with E-state index in [2.05, 4.69) is 10.2 Å². The Morgan fingerprint density at radius 1 is 1.33 bits per heavy atom. The summed E-state index contributed by atoms with van der Waals surface area (Å²) in [5.74, 6) is 0.233. The summed E-state index contributed by atoms with van der Waals surface area (Å²) in [4.78, 5) is 14.1. The number of nitrogens with zero attached hydrogens (tertiary/aromatic N) is 3. The second-order valence-electron chi connectivity index (χ2n) is 6.49. The number of aromatic nitrogens is 2. The van der Waals surface area contributed by atoms with E-state index >= 15 is 0 Å². The first kappa shape index (κ1) is 16.4. The lowest BCUT2D eigenvalue weighted by molar-refractivity contribution is -0.160. The van der Waals surface area contributed by atoms with Gasteiger partial charge in [0.05, 0.1) is 11.7 Å². The van der Waals surface area contributed by atoms with Gasteiger partial charge in [-0.1, -0.05) is 23.3 Å². The molecule has 1 saturated heterocycles. The average Bonchev–Trinajstić information content (AvgIpc) is 3.00. The molecule has 1 aliphatic heterocycles. The molecule has 0 radical (unpaired) electrons. The molecule has 0 spiro atoms. The molecule has 1 unspecified atom stereocenters. The number of hydrogen-bond acceptors (Lipinski definition) is 6. The highest BCUT2D eigenvalue weighted by molar-refractivity contribution is 5.78. The van der Waals surface area contributed by atoms with Crippen LogP contribution in [0.3, 0.4) is 0 Å². The lowest BCUT2D eigenvalue weighted by atomic mass is 10.1. The molecule has 1 aliphatic rings. The van der Waals surface area contributed by atoms with Crippen LogP contribution in [-0.4, -0.2) is 52.4 Å². The number of rotatable bonds is 4. The summed E-state index contributed by atoms with van der Waals surface area (Å²) in [6.07, 6.45) is -0.0199. The highest BCUT2D eigenvalue weighted by Gasteiger charge is 2.33. The second kappa shape index (κ2) is 6.60. The molecule has 128 valence electrons. The summed E-state index contributed by atoms with van der Waals surface area (Å²) in [7, 11) is 0. The van der Waals surface area contributed by atoms with Crippen molar-refractivity contribution in [2.24, 2.45) is 0 Å². The predicted octanol–water partition coefficient (Wildman–Crippen LogP) is 2.14. The van der Waals surface area contributed by atoms with Gasteiger partial charge in [-0.05, 0) is 32.9 Å². The fourth-order valence-electron chi connectivity index (χ4n) is 2.82. The monoisotopic (exact) mass is 331 g/mol. The third-order valence-electron chi connectivity index (χ3n) is 3.67. The topological polar surface area (TPSA) is 77.7 Å². The predicted molar refractivity (Wildman–Crippen MR) is 86.4 cm³/mol. The van der Waals surface area contributed by atoms with Crippen LogP contribution >= 0.6 is 0 Å². The lowest BCUT2D eigenvalue weighted by Gasteiger charge is -2.41. The standard InChI is InChI=1S/C17H21N3O4/c1-12-9-20(11-17(2,3)24-12)14(21)10-22-16-19-18-15(23-16)13-7-5-4-6-8-13/h4-8,12H,9-11H2,1-3H3. The van der Waals surface area contributed by atoms with Crippen molar-refractivity contribution in [2.75, 3.05) is 19.7 Å². The quantitative estimate of drug-likeness (QED) is 0.854. The van der Waals surface area contributed by atoms with Crippen LogP contribution in [0.25, 0.3) is 11.5 Å². The van der Waals surface area contributed by atoms with E-state index in [-0.39, 0.29) is 30.3 Å². The summed E-state index contributed by atoms with van der Waals surface area (Å²) in [6, 6.07) is 9.38. The van der Waals surface area contributed by atoms with Crippen LogP contribution in [0.5, 0.6) is 6.08 Å². The first-order valence-corrected chi connectivity index (χ1v) is 7.90.